The minimum Gasteiger partial charge on any atom is -0.298 e. The van der Waals surface area contributed by atoms with E-state index in [1.165, 1.54) is 74.5 Å². The zero-order chi connectivity index (χ0) is 19.3. The summed E-state index contributed by atoms with van der Waals surface area (Å²) < 4.78 is 0. The summed E-state index contributed by atoms with van der Waals surface area (Å²) in [6.45, 7) is 13.6. The lowest BCUT2D eigenvalue weighted by atomic mass is 10.0. The van der Waals surface area contributed by atoms with Gasteiger partial charge in [0.1, 0.15) is 0 Å². The van der Waals surface area contributed by atoms with E-state index in [-0.39, 0.29) is 0 Å². The first-order valence-corrected chi connectivity index (χ1v) is 10.8. The molecule has 4 nitrogen and oxygen atoms in total. The van der Waals surface area contributed by atoms with E-state index in [0.717, 1.165) is 19.1 Å². The normalized spacial score (nSPS) is 20.5. The third-order valence-corrected chi connectivity index (χ3v) is 6.43. The molecule has 2 aliphatic rings. The highest BCUT2D eigenvalue weighted by Gasteiger charge is 2.27. The molecule has 28 heavy (non-hydrogen) atoms. The Morgan fingerprint density at radius 3 is 2.21 bits per heavy atom. The molecular weight excluding hydrogens is 344 g/mol. The van der Waals surface area contributed by atoms with E-state index in [1.54, 1.807) is 0 Å². The molecule has 4 rings (SSSR count). The molecule has 0 aliphatic carbocycles. The van der Waals surface area contributed by atoms with Gasteiger partial charge in [0.2, 0.25) is 0 Å². The Labute approximate surface area is 170 Å². The molecular formula is C24H34N4. The van der Waals surface area contributed by atoms with Gasteiger partial charge in [-0.2, -0.15) is 0 Å². The van der Waals surface area contributed by atoms with Crippen molar-refractivity contribution in [3.8, 4) is 0 Å². The number of piperidine rings is 1. The number of rotatable bonds is 5. The number of nitrogens with zero attached hydrogens (tertiary/aromatic N) is 4. The zero-order valence-electron chi connectivity index (χ0n) is 17.5. The van der Waals surface area contributed by atoms with E-state index in [1.807, 2.05) is 6.20 Å². The van der Waals surface area contributed by atoms with E-state index in [9.17, 15) is 0 Å². The molecule has 2 fully saturated rings. The Hall–Kier alpha value is -1.75. The predicted molar refractivity (Wildman–Crippen MR) is 115 cm³/mol. The molecule has 0 saturated carbocycles. The quantitative estimate of drug-likeness (QED) is 0.794. The van der Waals surface area contributed by atoms with Gasteiger partial charge in [-0.15, -0.1) is 0 Å². The first-order chi connectivity index (χ1) is 13.7. The molecule has 0 spiro atoms. The largest absolute Gasteiger partial charge is 0.298 e. The van der Waals surface area contributed by atoms with Crippen molar-refractivity contribution in [2.24, 2.45) is 0 Å². The molecule has 0 radical (unpaired) electrons. The van der Waals surface area contributed by atoms with Crippen LogP contribution < -0.4 is 0 Å². The Morgan fingerprint density at radius 2 is 1.54 bits per heavy atom. The predicted octanol–water partition coefficient (Wildman–Crippen LogP) is 3.48. The van der Waals surface area contributed by atoms with Gasteiger partial charge in [-0.3, -0.25) is 19.7 Å². The number of likely N-dealkylation sites (tertiary alicyclic amines) is 1. The summed E-state index contributed by atoms with van der Waals surface area (Å²) in [5, 5.41) is 0. The second-order valence-electron chi connectivity index (χ2n) is 8.58. The Balaban J connectivity index is 1.21. The first kappa shape index (κ1) is 19.6. The highest BCUT2D eigenvalue weighted by atomic mass is 15.3. The van der Waals surface area contributed by atoms with Crippen molar-refractivity contribution in [3.05, 3.63) is 65.0 Å². The monoisotopic (exact) mass is 378 g/mol. The molecule has 1 aromatic carbocycles. The fraction of sp³-hybridized carbons (Fsp3) is 0.542. The fourth-order valence-corrected chi connectivity index (χ4v) is 4.69. The van der Waals surface area contributed by atoms with Crippen LogP contribution in [0.15, 0.2) is 42.6 Å². The molecule has 0 atom stereocenters. The number of pyridine rings is 1. The summed E-state index contributed by atoms with van der Waals surface area (Å²) in [6.07, 6.45) is 4.59. The standard InChI is InChI=1S/C24H34N4/c1-20-16-21(2)24(25-17-20)19-26-10-8-23(9-11-26)28-14-12-27(13-15-28)18-22-6-4-3-5-7-22/h3-7,16-17,23H,8-15,18-19H2,1-2H3. The van der Waals surface area contributed by atoms with Crippen LogP contribution in [-0.4, -0.2) is 65.0 Å². The van der Waals surface area contributed by atoms with Crippen LogP contribution in [0.25, 0.3) is 0 Å². The highest BCUT2D eigenvalue weighted by molar-refractivity contribution is 5.23. The summed E-state index contributed by atoms with van der Waals surface area (Å²) in [5.41, 5.74) is 5.27. The lowest BCUT2D eigenvalue weighted by Gasteiger charge is -2.42. The van der Waals surface area contributed by atoms with Crippen molar-refractivity contribution in [1.29, 1.82) is 0 Å². The number of benzene rings is 1. The van der Waals surface area contributed by atoms with Gasteiger partial charge >= 0.3 is 0 Å². The Kier molecular flexibility index (Phi) is 6.40. The van der Waals surface area contributed by atoms with Crippen molar-refractivity contribution in [3.63, 3.8) is 0 Å². The lowest BCUT2D eigenvalue weighted by Crippen LogP contribution is -2.52. The molecule has 4 heteroatoms. The summed E-state index contributed by atoms with van der Waals surface area (Å²) in [5.74, 6) is 0. The van der Waals surface area contributed by atoms with Gasteiger partial charge in [0.25, 0.3) is 0 Å². The maximum atomic E-state index is 4.67. The van der Waals surface area contributed by atoms with Crippen LogP contribution in [0.3, 0.4) is 0 Å². The highest BCUT2D eigenvalue weighted by Crippen LogP contribution is 2.21. The van der Waals surface area contributed by atoms with Crippen molar-refractivity contribution in [1.82, 2.24) is 19.7 Å². The number of hydrogen-bond acceptors (Lipinski definition) is 4. The van der Waals surface area contributed by atoms with Crippen LogP contribution in [0.2, 0.25) is 0 Å². The summed E-state index contributed by atoms with van der Waals surface area (Å²) in [7, 11) is 0. The van der Waals surface area contributed by atoms with E-state index in [4.69, 9.17) is 0 Å². The smallest absolute Gasteiger partial charge is 0.0573 e. The van der Waals surface area contributed by atoms with E-state index in [0.29, 0.717) is 0 Å². The number of aromatic nitrogens is 1. The molecule has 0 bridgehead atoms. The zero-order valence-corrected chi connectivity index (χ0v) is 17.5. The maximum Gasteiger partial charge on any atom is 0.0573 e. The molecule has 2 aromatic rings. The molecule has 0 N–H and O–H groups in total. The molecule has 3 heterocycles. The molecule has 0 unspecified atom stereocenters. The van der Waals surface area contributed by atoms with Crippen LogP contribution in [0.5, 0.6) is 0 Å². The van der Waals surface area contributed by atoms with E-state index < -0.39 is 0 Å². The summed E-state index contributed by atoms with van der Waals surface area (Å²) >= 11 is 0. The number of piperazine rings is 1. The molecule has 2 aliphatic heterocycles. The molecule has 0 amide bonds. The minimum atomic E-state index is 0.766. The van der Waals surface area contributed by atoms with Gasteiger partial charge in [0.05, 0.1) is 5.69 Å². The number of hydrogen-bond donors (Lipinski definition) is 0. The van der Waals surface area contributed by atoms with Crippen LogP contribution in [-0.2, 0) is 13.1 Å². The van der Waals surface area contributed by atoms with Gasteiger partial charge < -0.3 is 0 Å². The van der Waals surface area contributed by atoms with Gasteiger partial charge in [0.15, 0.2) is 0 Å². The Bertz CT molecular complexity index is 744. The van der Waals surface area contributed by atoms with E-state index in [2.05, 4.69) is 69.9 Å². The van der Waals surface area contributed by atoms with Crippen LogP contribution in [0, 0.1) is 13.8 Å². The van der Waals surface area contributed by atoms with Gasteiger partial charge in [-0.25, -0.2) is 0 Å². The van der Waals surface area contributed by atoms with Crippen LogP contribution in [0.1, 0.15) is 35.2 Å². The fourth-order valence-electron chi connectivity index (χ4n) is 4.69. The second-order valence-corrected chi connectivity index (χ2v) is 8.58. The second kappa shape index (κ2) is 9.17. The molecule has 1 aromatic heterocycles. The SMILES string of the molecule is Cc1cnc(CN2CCC(N3CCN(Cc4ccccc4)CC3)CC2)c(C)c1. The summed E-state index contributed by atoms with van der Waals surface area (Å²) in [6, 6.07) is 13.9. The van der Waals surface area contributed by atoms with Crippen molar-refractivity contribution < 1.29 is 0 Å². The van der Waals surface area contributed by atoms with Gasteiger partial charge in [-0.05, 0) is 43.4 Å². The number of aryl methyl sites for hydroxylation is 2. The van der Waals surface area contributed by atoms with Gasteiger partial charge in [0, 0.05) is 64.6 Å². The first-order valence-electron chi connectivity index (χ1n) is 10.8. The van der Waals surface area contributed by atoms with Crippen LogP contribution in [0.4, 0.5) is 0 Å². The minimum absolute atomic E-state index is 0.766. The van der Waals surface area contributed by atoms with Gasteiger partial charge in [-0.1, -0.05) is 36.4 Å². The maximum absolute atomic E-state index is 4.67. The third kappa shape index (κ3) is 4.99. The summed E-state index contributed by atoms with van der Waals surface area (Å²) in [4.78, 5) is 12.6. The third-order valence-electron chi connectivity index (χ3n) is 6.43. The Morgan fingerprint density at radius 1 is 0.857 bits per heavy atom. The molecule has 150 valence electrons. The van der Waals surface area contributed by atoms with Crippen molar-refractivity contribution >= 4 is 0 Å². The van der Waals surface area contributed by atoms with Crippen LogP contribution >= 0.6 is 0 Å². The topological polar surface area (TPSA) is 22.6 Å². The molecule has 2 saturated heterocycles. The van der Waals surface area contributed by atoms with Crippen molar-refractivity contribution in [2.45, 2.75) is 45.8 Å². The van der Waals surface area contributed by atoms with E-state index >= 15 is 0 Å². The average Bonchev–Trinajstić information content (AvgIpc) is 2.72. The van der Waals surface area contributed by atoms with Crippen molar-refractivity contribution in [2.75, 3.05) is 39.3 Å². The average molecular weight is 379 g/mol. The lowest BCUT2D eigenvalue weighted by molar-refractivity contribution is 0.0547.